The van der Waals surface area contributed by atoms with Gasteiger partial charge in [-0.2, -0.15) is 10.5 Å². The van der Waals surface area contributed by atoms with E-state index >= 15 is 0 Å². The lowest BCUT2D eigenvalue weighted by Crippen LogP contribution is -2.47. The van der Waals surface area contributed by atoms with Crippen LogP contribution in [0.25, 0.3) is 6.08 Å². The second-order valence-electron chi connectivity index (χ2n) is 8.68. The van der Waals surface area contributed by atoms with Crippen LogP contribution >= 0.6 is 0 Å². The first kappa shape index (κ1) is 18.9. The molecule has 5 nitrogen and oxygen atoms in total. The van der Waals surface area contributed by atoms with Crippen LogP contribution in [0.1, 0.15) is 37.8 Å². The van der Waals surface area contributed by atoms with Gasteiger partial charge in [-0.25, -0.2) is 0 Å². The molecule has 144 valence electrons. The van der Waals surface area contributed by atoms with Crippen molar-refractivity contribution < 1.29 is 4.79 Å². The van der Waals surface area contributed by atoms with E-state index in [1.807, 2.05) is 74.2 Å². The number of rotatable bonds is 2. The number of ketones is 1. The number of Topliss-reactive ketones (excluding diaryl/α,β-unsaturated/α-hetero) is 1. The van der Waals surface area contributed by atoms with Crippen LogP contribution in [0.5, 0.6) is 0 Å². The molecule has 1 saturated heterocycles. The Morgan fingerprint density at radius 3 is 2.38 bits per heavy atom. The number of anilines is 1. The molecule has 0 aliphatic carbocycles. The first-order valence-electron chi connectivity index (χ1n) is 9.67. The van der Waals surface area contributed by atoms with E-state index in [9.17, 15) is 15.3 Å². The van der Waals surface area contributed by atoms with Gasteiger partial charge >= 0.3 is 0 Å². The summed E-state index contributed by atoms with van der Waals surface area (Å²) in [5.74, 6) is -0.574. The highest BCUT2D eigenvalue weighted by molar-refractivity contribution is 5.96. The highest BCUT2D eigenvalue weighted by Gasteiger charge is 2.64. The van der Waals surface area contributed by atoms with Crippen molar-refractivity contribution in [3.8, 4) is 12.1 Å². The van der Waals surface area contributed by atoms with Gasteiger partial charge in [0.1, 0.15) is 0 Å². The molecule has 1 aromatic heterocycles. The number of pyridine rings is 1. The maximum absolute atomic E-state index is 13.7. The smallest absolute Gasteiger partial charge is 0.176 e. The Hall–Kier alpha value is -3.44. The summed E-state index contributed by atoms with van der Waals surface area (Å²) in [5.41, 5.74) is 0.629. The zero-order valence-corrected chi connectivity index (χ0v) is 16.7. The van der Waals surface area contributed by atoms with Crippen molar-refractivity contribution in [2.45, 2.75) is 38.8 Å². The van der Waals surface area contributed by atoms with Crippen LogP contribution in [-0.4, -0.2) is 22.9 Å². The van der Waals surface area contributed by atoms with E-state index in [0.29, 0.717) is 0 Å². The number of fused-ring (bicyclic) bond motifs is 3. The van der Waals surface area contributed by atoms with E-state index in [1.165, 1.54) is 0 Å². The summed E-state index contributed by atoms with van der Waals surface area (Å²) < 4.78 is 0. The fraction of sp³-hybridized carbons (Fsp3) is 0.333. The third kappa shape index (κ3) is 2.66. The third-order valence-corrected chi connectivity index (χ3v) is 5.99. The standard InChI is InChI=1S/C24H22N4O/c1-23(2,3)22(29)21-20(17-10-12-27-13-11-17)24(14-25,15-26)19-9-8-16-6-4-5-7-18(16)28(19)21/h4-13,19-21H,1-3H3/t19-,20-,21+/m1/s1. The molecule has 0 spiro atoms. The molecule has 4 rings (SSSR count). The van der Waals surface area contributed by atoms with Gasteiger partial charge in [0.05, 0.1) is 24.2 Å². The summed E-state index contributed by atoms with van der Waals surface area (Å²) in [6, 6.07) is 14.9. The van der Waals surface area contributed by atoms with E-state index in [1.54, 1.807) is 12.4 Å². The van der Waals surface area contributed by atoms with Gasteiger partial charge in [-0.15, -0.1) is 0 Å². The number of benzene rings is 1. The Kier molecular flexibility index (Phi) is 4.28. The first-order chi connectivity index (χ1) is 13.8. The van der Waals surface area contributed by atoms with Gasteiger partial charge in [-0.1, -0.05) is 51.1 Å². The van der Waals surface area contributed by atoms with Crippen LogP contribution in [0.15, 0.2) is 54.9 Å². The predicted molar refractivity (Wildman–Crippen MR) is 111 cm³/mol. The molecule has 0 amide bonds. The number of carbonyl (C=O) groups is 1. The lowest BCUT2D eigenvalue weighted by atomic mass is 9.68. The van der Waals surface area contributed by atoms with Crippen molar-refractivity contribution in [2.24, 2.45) is 10.8 Å². The lowest BCUT2D eigenvalue weighted by Gasteiger charge is -2.37. The van der Waals surface area contributed by atoms with Crippen molar-refractivity contribution >= 4 is 17.5 Å². The van der Waals surface area contributed by atoms with Gasteiger partial charge in [0, 0.05) is 29.4 Å². The zero-order chi connectivity index (χ0) is 20.8. The van der Waals surface area contributed by atoms with Gasteiger partial charge in [0.2, 0.25) is 0 Å². The summed E-state index contributed by atoms with van der Waals surface area (Å²) in [6.07, 6.45) is 7.15. The van der Waals surface area contributed by atoms with Gasteiger partial charge in [0.25, 0.3) is 0 Å². The first-order valence-corrected chi connectivity index (χ1v) is 9.67. The lowest BCUT2D eigenvalue weighted by molar-refractivity contribution is -0.127. The van der Waals surface area contributed by atoms with E-state index in [2.05, 4.69) is 17.1 Å². The van der Waals surface area contributed by atoms with E-state index in [4.69, 9.17) is 0 Å². The van der Waals surface area contributed by atoms with Crippen LogP contribution in [0.3, 0.4) is 0 Å². The number of para-hydroxylation sites is 1. The quantitative estimate of drug-likeness (QED) is 0.781. The Morgan fingerprint density at radius 2 is 1.76 bits per heavy atom. The zero-order valence-electron chi connectivity index (χ0n) is 16.7. The molecule has 29 heavy (non-hydrogen) atoms. The van der Waals surface area contributed by atoms with Crippen molar-refractivity contribution in [1.82, 2.24) is 4.98 Å². The second-order valence-corrected chi connectivity index (χ2v) is 8.68. The van der Waals surface area contributed by atoms with E-state index in [-0.39, 0.29) is 5.78 Å². The summed E-state index contributed by atoms with van der Waals surface area (Å²) in [4.78, 5) is 19.8. The largest absolute Gasteiger partial charge is 0.351 e. The monoisotopic (exact) mass is 382 g/mol. The molecule has 3 atom stereocenters. The summed E-state index contributed by atoms with van der Waals surface area (Å²) in [7, 11) is 0. The molecule has 2 aliphatic rings. The van der Waals surface area contributed by atoms with Crippen LogP contribution in [0.4, 0.5) is 5.69 Å². The SMILES string of the molecule is CC(C)(C)C(=O)[C@@H]1[C@@H](c2ccncc2)C(C#N)(C#N)[C@H]2C=Cc3ccccc3N12. The molecule has 2 aromatic rings. The molecule has 5 heteroatoms. The number of nitriles is 2. The minimum absolute atomic E-state index is 0.0155. The maximum Gasteiger partial charge on any atom is 0.176 e. The summed E-state index contributed by atoms with van der Waals surface area (Å²) >= 11 is 0. The van der Waals surface area contributed by atoms with Gasteiger partial charge < -0.3 is 4.90 Å². The normalized spacial score (nSPS) is 24.2. The Labute approximate surface area is 170 Å². The molecule has 2 aliphatic heterocycles. The fourth-order valence-electron chi connectivity index (χ4n) is 4.62. The van der Waals surface area contributed by atoms with Gasteiger partial charge in [0.15, 0.2) is 11.2 Å². The molecule has 0 saturated carbocycles. The average molecular weight is 382 g/mol. The van der Waals surface area contributed by atoms with Gasteiger partial charge in [-0.05, 0) is 29.3 Å². The third-order valence-electron chi connectivity index (χ3n) is 5.99. The summed E-state index contributed by atoms with van der Waals surface area (Å²) in [6.45, 7) is 5.66. The molecule has 3 heterocycles. The van der Waals surface area contributed by atoms with Crippen molar-refractivity contribution in [1.29, 1.82) is 10.5 Å². The Morgan fingerprint density at radius 1 is 1.10 bits per heavy atom. The van der Waals surface area contributed by atoms with Crippen LogP contribution < -0.4 is 4.90 Å². The highest BCUT2D eigenvalue weighted by atomic mass is 16.1. The van der Waals surface area contributed by atoms with E-state index in [0.717, 1.165) is 16.8 Å². The molecule has 0 bridgehead atoms. The van der Waals surface area contributed by atoms with Crippen LogP contribution in [0.2, 0.25) is 0 Å². The molecule has 0 radical (unpaired) electrons. The Balaban J connectivity index is 2.03. The fourth-order valence-corrected chi connectivity index (χ4v) is 4.62. The van der Waals surface area contributed by atoms with Gasteiger partial charge in [-0.3, -0.25) is 9.78 Å². The van der Waals surface area contributed by atoms with Crippen LogP contribution in [0, 0.1) is 33.5 Å². The highest BCUT2D eigenvalue weighted by Crippen LogP contribution is 2.55. The molecule has 1 fully saturated rings. The molecule has 1 aromatic carbocycles. The van der Waals surface area contributed by atoms with Crippen molar-refractivity contribution in [3.63, 3.8) is 0 Å². The molecule has 0 unspecified atom stereocenters. The minimum Gasteiger partial charge on any atom is -0.351 e. The second kappa shape index (κ2) is 6.57. The molecular formula is C24H22N4O. The maximum atomic E-state index is 13.7. The van der Waals surface area contributed by atoms with Crippen LogP contribution in [-0.2, 0) is 4.79 Å². The van der Waals surface area contributed by atoms with Crippen molar-refractivity contribution in [3.05, 3.63) is 66.0 Å². The number of nitrogens with zero attached hydrogens (tertiary/aromatic N) is 4. The number of hydrogen-bond acceptors (Lipinski definition) is 5. The topological polar surface area (TPSA) is 80.8 Å². The molecule has 0 N–H and O–H groups in total. The predicted octanol–water partition coefficient (Wildman–Crippen LogP) is 4.10. The molecular weight excluding hydrogens is 360 g/mol. The number of carbonyl (C=O) groups excluding carboxylic acids is 1. The summed E-state index contributed by atoms with van der Waals surface area (Å²) in [5, 5.41) is 20.6. The number of hydrogen-bond donors (Lipinski definition) is 0. The van der Waals surface area contributed by atoms with Crippen molar-refractivity contribution in [2.75, 3.05) is 4.90 Å². The minimum atomic E-state index is -1.39. The number of aromatic nitrogens is 1. The average Bonchev–Trinajstić information content (AvgIpc) is 3.04. The Bertz CT molecular complexity index is 1050. The van der Waals surface area contributed by atoms with E-state index < -0.39 is 28.8 Å².